The highest BCUT2D eigenvalue weighted by Crippen LogP contribution is 2.53. The smallest absolute Gasteiger partial charge is 0.408 e. The topological polar surface area (TPSA) is 125 Å². The third-order valence-corrected chi connectivity index (χ3v) is 7.22. The zero-order chi connectivity index (χ0) is 26.7. The number of ether oxygens (including phenoxy) is 1. The Morgan fingerprint density at radius 1 is 0.711 bits per heavy atom. The number of anilines is 2. The van der Waals surface area contributed by atoms with Crippen molar-refractivity contribution < 1.29 is 28.7 Å². The van der Waals surface area contributed by atoms with Gasteiger partial charge >= 0.3 is 13.7 Å². The molecule has 190 valence electrons. The van der Waals surface area contributed by atoms with Crippen molar-refractivity contribution in [3.63, 3.8) is 0 Å². The molecule has 0 heterocycles. The van der Waals surface area contributed by atoms with Crippen LogP contribution in [0.5, 0.6) is 5.75 Å². The lowest BCUT2D eigenvalue weighted by atomic mass is 10.0. The van der Waals surface area contributed by atoms with Gasteiger partial charge in [-0.15, -0.1) is 0 Å². The van der Waals surface area contributed by atoms with E-state index in [1.54, 1.807) is 78.9 Å². The van der Waals surface area contributed by atoms with E-state index in [0.717, 1.165) is 16.2 Å². The number of hydrogen-bond donors (Lipinski definition) is 4. The number of carbonyl (C=O) groups is 2. The lowest BCUT2D eigenvalue weighted by molar-refractivity contribution is -0.116. The largest absolute Gasteiger partial charge is 0.417 e. The highest BCUT2D eigenvalue weighted by Gasteiger charge is 2.38. The summed E-state index contributed by atoms with van der Waals surface area (Å²) >= 11 is 0. The molecular weight excluding hydrogens is 503 g/mol. The Bertz CT molecular complexity index is 1690. The van der Waals surface area contributed by atoms with Crippen molar-refractivity contribution in [2.24, 2.45) is 0 Å². The number of benzene rings is 5. The van der Waals surface area contributed by atoms with E-state index in [9.17, 15) is 23.9 Å². The molecule has 0 aliphatic rings. The zero-order valence-corrected chi connectivity index (χ0v) is 20.8. The lowest BCUT2D eigenvalue weighted by Crippen LogP contribution is -2.23. The zero-order valence-electron chi connectivity index (χ0n) is 19.9. The van der Waals surface area contributed by atoms with E-state index in [1.165, 1.54) is 6.07 Å². The minimum atomic E-state index is -4.96. The third kappa shape index (κ3) is 5.43. The first-order valence-corrected chi connectivity index (χ1v) is 13.4. The molecule has 0 aromatic heterocycles. The number of carbonyl (C=O) groups excluding carboxylic acids is 2. The van der Waals surface area contributed by atoms with Crippen molar-refractivity contribution >= 4 is 52.5 Å². The molecule has 8 nitrogen and oxygen atoms in total. The van der Waals surface area contributed by atoms with Crippen molar-refractivity contribution in [1.82, 2.24) is 0 Å². The highest BCUT2D eigenvalue weighted by molar-refractivity contribution is 7.53. The van der Waals surface area contributed by atoms with Crippen LogP contribution in [0.1, 0.15) is 11.2 Å². The van der Waals surface area contributed by atoms with E-state index in [1.807, 2.05) is 24.3 Å². The molecule has 38 heavy (non-hydrogen) atoms. The van der Waals surface area contributed by atoms with Crippen molar-refractivity contribution in [1.29, 1.82) is 0 Å². The monoisotopic (exact) mass is 526 g/mol. The normalized spacial score (nSPS) is 12.2. The van der Waals surface area contributed by atoms with Gasteiger partial charge in [0.15, 0.2) is 11.4 Å². The summed E-state index contributed by atoms with van der Waals surface area (Å²) in [6.07, 6.45) is -0.789. The van der Waals surface area contributed by atoms with Gasteiger partial charge in [0.1, 0.15) is 0 Å². The van der Waals surface area contributed by atoms with E-state index in [4.69, 9.17) is 4.74 Å². The summed E-state index contributed by atoms with van der Waals surface area (Å²) in [6.45, 7) is 0. The third-order valence-electron chi connectivity index (χ3n) is 6.03. The molecule has 0 aliphatic carbocycles. The Morgan fingerprint density at radius 3 is 2.03 bits per heavy atom. The fourth-order valence-electron chi connectivity index (χ4n) is 4.33. The van der Waals surface area contributed by atoms with Crippen molar-refractivity contribution in [2.45, 2.75) is 5.66 Å². The molecule has 0 aliphatic heterocycles. The van der Waals surface area contributed by atoms with Gasteiger partial charge in [-0.25, -0.2) is 4.79 Å². The molecule has 0 saturated heterocycles. The Hall–Kier alpha value is -4.49. The van der Waals surface area contributed by atoms with Gasteiger partial charge in [-0.1, -0.05) is 84.9 Å². The average Bonchev–Trinajstić information content (AvgIpc) is 2.89. The van der Waals surface area contributed by atoms with Gasteiger partial charge in [-0.3, -0.25) is 14.7 Å². The number of rotatable bonds is 6. The van der Waals surface area contributed by atoms with Gasteiger partial charge < -0.3 is 19.8 Å². The fourth-order valence-corrected chi connectivity index (χ4v) is 5.29. The molecular formula is C29H23N2O6P. The molecule has 0 saturated carbocycles. The second kappa shape index (κ2) is 10.5. The van der Waals surface area contributed by atoms with Gasteiger partial charge in [0.25, 0.3) is 0 Å². The minimum absolute atomic E-state index is 0.0212. The molecule has 2 amide bonds. The van der Waals surface area contributed by atoms with E-state index in [2.05, 4.69) is 10.6 Å². The van der Waals surface area contributed by atoms with Crippen LogP contribution in [-0.4, -0.2) is 21.8 Å². The molecule has 4 N–H and O–H groups in total. The van der Waals surface area contributed by atoms with Crippen molar-refractivity contribution in [3.8, 4) is 5.75 Å². The fraction of sp³-hybridized carbons (Fsp3) is 0.0345. The average molecular weight is 526 g/mol. The van der Waals surface area contributed by atoms with Crippen molar-refractivity contribution in [3.05, 3.63) is 115 Å². The number of fused-ring (bicyclic) bond motifs is 2. The minimum Gasteiger partial charge on any atom is -0.408 e. The second-order valence-electron chi connectivity index (χ2n) is 8.63. The molecule has 0 fully saturated rings. The summed E-state index contributed by atoms with van der Waals surface area (Å²) in [7, 11) is -4.96. The van der Waals surface area contributed by atoms with Gasteiger partial charge in [-0.2, -0.15) is 0 Å². The predicted molar refractivity (Wildman–Crippen MR) is 147 cm³/mol. The first-order chi connectivity index (χ1) is 18.3. The standard InChI is InChI=1S/C29H23N2O6P/c32-28(27(38(34,35)36)24-16-8-12-19-9-6-7-15-23(19)24)31-25-17-20-10-4-5-11-21(20)18-26(25)37-29(33)30-22-13-2-1-3-14-22/h1-18,27H,(H,30,33)(H,31,32)(H2,34,35,36). The first kappa shape index (κ1) is 25.2. The van der Waals surface area contributed by atoms with Gasteiger partial charge in [0.2, 0.25) is 5.91 Å². The first-order valence-electron chi connectivity index (χ1n) is 11.7. The quantitative estimate of drug-likeness (QED) is 0.188. The molecule has 1 atom stereocenters. The van der Waals surface area contributed by atoms with Crippen LogP contribution in [0.2, 0.25) is 0 Å². The highest BCUT2D eigenvalue weighted by atomic mass is 31.2. The predicted octanol–water partition coefficient (Wildman–Crippen LogP) is 6.46. The molecule has 1 unspecified atom stereocenters. The maximum absolute atomic E-state index is 13.5. The number of hydrogen-bond acceptors (Lipinski definition) is 4. The number of para-hydroxylation sites is 1. The maximum Gasteiger partial charge on any atom is 0.417 e. The van der Waals surface area contributed by atoms with Crippen LogP contribution in [0.15, 0.2) is 109 Å². The molecule has 5 aromatic rings. The number of nitrogens with one attached hydrogen (secondary N) is 2. The summed E-state index contributed by atoms with van der Waals surface area (Å²) in [5.74, 6) is -0.911. The Morgan fingerprint density at radius 2 is 1.32 bits per heavy atom. The summed E-state index contributed by atoms with van der Waals surface area (Å²) in [6, 6.07) is 31.2. The summed E-state index contributed by atoms with van der Waals surface area (Å²) in [5.41, 5.74) is -0.984. The SMILES string of the molecule is O=C(Nc1ccccc1)Oc1cc2ccccc2cc1NC(=O)C(c1cccc2ccccc12)P(=O)(O)O. The molecule has 0 bridgehead atoms. The van der Waals surface area contributed by atoms with E-state index in [-0.39, 0.29) is 17.0 Å². The molecule has 5 rings (SSSR count). The van der Waals surface area contributed by atoms with Crippen LogP contribution in [-0.2, 0) is 9.36 Å². The van der Waals surface area contributed by atoms with Crippen molar-refractivity contribution in [2.75, 3.05) is 10.6 Å². The maximum atomic E-state index is 13.5. The Balaban J connectivity index is 1.52. The lowest BCUT2D eigenvalue weighted by Gasteiger charge is -2.21. The molecule has 9 heteroatoms. The van der Waals surface area contributed by atoms with E-state index in [0.29, 0.717) is 11.1 Å². The van der Waals surface area contributed by atoms with E-state index >= 15 is 0 Å². The van der Waals surface area contributed by atoms with Gasteiger partial charge in [0, 0.05) is 5.69 Å². The second-order valence-corrected chi connectivity index (χ2v) is 10.3. The number of amides is 2. The summed E-state index contributed by atoms with van der Waals surface area (Å²) < 4.78 is 18.2. The van der Waals surface area contributed by atoms with Crippen LogP contribution in [0.4, 0.5) is 16.2 Å². The van der Waals surface area contributed by atoms with E-state index < -0.39 is 25.3 Å². The van der Waals surface area contributed by atoms with Crippen LogP contribution in [0, 0.1) is 0 Å². The summed E-state index contributed by atoms with van der Waals surface area (Å²) in [5, 5.41) is 7.99. The van der Waals surface area contributed by atoms with Crippen LogP contribution >= 0.6 is 7.60 Å². The molecule has 0 spiro atoms. The van der Waals surface area contributed by atoms with Gasteiger partial charge in [0.05, 0.1) is 5.69 Å². The molecule has 0 radical (unpaired) electrons. The Labute approximate surface area is 218 Å². The molecule has 5 aromatic carbocycles. The van der Waals surface area contributed by atoms with Crippen LogP contribution < -0.4 is 15.4 Å². The van der Waals surface area contributed by atoms with Crippen LogP contribution in [0.25, 0.3) is 21.5 Å². The summed E-state index contributed by atoms with van der Waals surface area (Å²) in [4.78, 5) is 46.6. The van der Waals surface area contributed by atoms with Crippen LogP contribution in [0.3, 0.4) is 0 Å². The Kier molecular flexibility index (Phi) is 6.94. The van der Waals surface area contributed by atoms with Gasteiger partial charge in [-0.05, 0) is 51.4 Å².